The minimum Gasteiger partial charge on any atom is -0.384 e. The summed E-state index contributed by atoms with van der Waals surface area (Å²) in [6.45, 7) is 9.76. The monoisotopic (exact) mass is 235 g/mol. The van der Waals surface area contributed by atoms with Crippen molar-refractivity contribution in [2.24, 2.45) is 0 Å². The average molecular weight is 235 g/mol. The largest absolute Gasteiger partial charge is 0.384 e. The Morgan fingerprint density at radius 1 is 1.18 bits per heavy atom. The molecule has 0 aromatic carbocycles. The van der Waals surface area contributed by atoms with Gasteiger partial charge in [-0.2, -0.15) is 0 Å². The molecule has 0 saturated heterocycles. The van der Waals surface area contributed by atoms with Crippen molar-refractivity contribution in [1.82, 2.24) is 4.98 Å². The molecule has 0 saturated carbocycles. The molecule has 17 heavy (non-hydrogen) atoms. The zero-order chi connectivity index (χ0) is 12.5. The fourth-order valence-corrected chi connectivity index (χ4v) is 1.79. The lowest BCUT2D eigenvalue weighted by molar-refractivity contribution is 0.731. The third-order valence-electron chi connectivity index (χ3n) is 2.83. The van der Waals surface area contributed by atoms with E-state index in [0.717, 1.165) is 31.7 Å². The van der Waals surface area contributed by atoms with E-state index in [-0.39, 0.29) is 0 Å². The molecule has 0 radical (unpaired) electrons. The van der Waals surface area contributed by atoms with Gasteiger partial charge in [-0.15, -0.1) is 0 Å². The molecule has 1 heterocycles. The number of hydrogen-bond acceptors (Lipinski definition) is 3. The Morgan fingerprint density at radius 3 is 2.65 bits per heavy atom. The van der Waals surface area contributed by atoms with Gasteiger partial charge in [-0.05, 0) is 25.8 Å². The van der Waals surface area contributed by atoms with Crippen LogP contribution in [0, 0.1) is 0 Å². The highest BCUT2D eigenvalue weighted by molar-refractivity contribution is 5.55. The minimum absolute atomic E-state index is 1.01. The van der Waals surface area contributed by atoms with Crippen LogP contribution in [-0.2, 0) is 0 Å². The Morgan fingerprint density at radius 2 is 2.00 bits per heavy atom. The normalized spacial score (nSPS) is 10.3. The van der Waals surface area contributed by atoms with E-state index in [1.807, 2.05) is 12.4 Å². The molecule has 3 heteroatoms. The summed E-state index contributed by atoms with van der Waals surface area (Å²) in [5, 5.41) is 3.38. The SMILES string of the molecule is CCCCN(CC)c1cncc(NCCC)c1. The van der Waals surface area contributed by atoms with Gasteiger partial charge >= 0.3 is 0 Å². The summed E-state index contributed by atoms with van der Waals surface area (Å²) < 4.78 is 0. The molecule has 0 atom stereocenters. The second-order valence-corrected chi connectivity index (χ2v) is 4.29. The molecule has 0 unspecified atom stereocenters. The first kappa shape index (κ1) is 13.8. The maximum absolute atomic E-state index is 4.31. The first-order chi connectivity index (χ1) is 8.31. The first-order valence-electron chi connectivity index (χ1n) is 6.75. The molecule has 96 valence electrons. The Bertz CT molecular complexity index is 312. The Hall–Kier alpha value is -1.25. The topological polar surface area (TPSA) is 28.2 Å². The zero-order valence-electron chi connectivity index (χ0n) is 11.4. The molecular formula is C14H25N3. The standard InChI is InChI=1S/C14H25N3/c1-4-7-9-17(6-3)14-10-13(11-15-12-14)16-8-5-2/h10-12,16H,4-9H2,1-3H3. The van der Waals surface area contributed by atoms with E-state index in [1.54, 1.807) is 0 Å². The molecule has 1 rings (SSSR count). The number of unbranched alkanes of at least 4 members (excludes halogenated alkanes) is 1. The van der Waals surface area contributed by atoms with Gasteiger partial charge in [-0.3, -0.25) is 4.98 Å². The number of rotatable bonds is 8. The molecule has 0 bridgehead atoms. The summed E-state index contributed by atoms with van der Waals surface area (Å²) in [6.07, 6.45) is 7.46. The molecule has 3 nitrogen and oxygen atoms in total. The van der Waals surface area contributed by atoms with Gasteiger partial charge in [-0.1, -0.05) is 20.3 Å². The number of nitrogens with zero attached hydrogens (tertiary/aromatic N) is 2. The second-order valence-electron chi connectivity index (χ2n) is 4.29. The van der Waals surface area contributed by atoms with Crippen molar-refractivity contribution in [1.29, 1.82) is 0 Å². The quantitative estimate of drug-likeness (QED) is 0.747. The van der Waals surface area contributed by atoms with E-state index < -0.39 is 0 Å². The number of aromatic nitrogens is 1. The van der Waals surface area contributed by atoms with Crippen molar-refractivity contribution in [2.45, 2.75) is 40.0 Å². The predicted octanol–water partition coefficient (Wildman–Crippen LogP) is 3.53. The fourth-order valence-electron chi connectivity index (χ4n) is 1.79. The lowest BCUT2D eigenvalue weighted by atomic mass is 10.2. The summed E-state index contributed by atoms with van der Waals surface area (Å²) in [4.78, 5) is 6.69. The van der Waals surface area contributed by atoms with Crippen LogP contribution in [0.2, 0.25) is 0 Å². The van der Waals surface area contributed by atoms with Crippen LogP contribution in [-0.4, -0.2) is 24.6 Å². The van der Waals surface area contributed by atoms with Crippen molar-refractivity contribution in [3.8, 4) is 0 Å². The van der Waals surface area contributed by atoms with Crippen molar-refractivity contribution in [3.63, 3.8) is 0 Å². The lowest BCUT2D eigenvalue weighted by Gasteiger charge is -2.23. The summed E-state index contributed by atoms with van der Waals surface area (Å²) in [7, 11) is 0. The van der Waals surface area contributed by atoms with Gasteiger partial charge in [0, 0.05) is 19.6 Å². The van der Waals surface area contributed by atoms with Gasteiger partial charge in [0.05, 0.1) is 23.8 Å². The lowest BCUT2D eigenvalue weighted by Crippen LogP contribution is -2.24. The first-order valence-corrected chi connectivity index (χ1v) is 6.75. The van der Waals surface area contributed by atoms with Crippen LogP contribution < -0.4 is 10.2 Å². The van der Waals surface area contributed by atoms with E-state index in [4.69, 9.17) is 0 Å². The second kappa shape index (κ2) is 7.93. The maximum atomic E-state index is 4.31. The summed E-state index contributed by atoms with van der Waals surface area (Å²) in [5.41, 5.74) is 2.35. The van der Waals surface area contributed by atoms with E-state index in [2.05, 4.69) is 42.0 Å². The number of pyridine rings is 1. The highest BCUT2D eigenvalue weighted by Crippen LogP contribution is 2.18. The van der Waals surface area contributed by atoms with E-state index >= 15 is 0 Å². The molecular weight excluding hydrogens is 210 g/mol. The Balaban J connectivity index is 2.66. The Kier molecular flexibility index (Phi) is 6.45. The van der Waals surface area contributed by atoms with Crippen LogP contribution in [0.15, 0.2) is 18.5 Å². The van der Waals surface area contributed by atoms with Gasteiger partial charge in [0.2, 0.25) is 0 Å². The van der Waals surface area contributed by atoms with Crippen LogP contribution in [0.25, 0.3) is 0 Å². The molecule has 0 spiro atoms. The summed E-state index contributed by atoms with van der Waals surface area (Å²) in [5.74, 6) is 0. The molecule has 1 aromatic rings. The third-order valence-corrected chi connectivity index (χ3v) is 2.83. The highest BCUT2D eigenvalue weighted by atomic mass is 15.1. The van der Waals surface area contributed by atoms with Gasteiger partial charge < -0.3 is 10.2 Å². The van der Waals surface area contributed by atoms with Crippen LogP contribution >= 0.6 is 0 Å². The summed E-state index contributed by atoms with van der Waals surface area (Å²) >= 11 is 0. The molecule has 0 amide bonds. The fraction of sp³-hybridized carbons (Fsp3) is 0.643. The van der Waals surface area contributed by atoms with Crippen LogP contribution in [0.1, 0.15) is 40.0 Å². The Labute approximate surface area is 105 Å². The van der Waals surface area contributed by atoms with Crippen LogP contribution in [0.5, 0.6) is 0 Å². The zero-order valence-corrected chi connectivity index (χ0v) is 11.4. The number of nitrogens with one attached hydrogen (secondary N) is 1. The number of anilines is 2. The number of hydrogen-bond donors (Lipinski definition) is 1. The molecule has 0 aliphatic heterocycles. The van der Waals surface area contributed by atoms with Gasteiger partial charge in [-0.25, -0.2) is 0 Å². The summed E-state index contributed by atoms with van der Waals surface area (Å²) in [6, 6.07) is 2.20. The van der Waals surface area contributed by atoms with Crippen molar-refractivity contribution >= 4 is 11.4 Å². The van der Waals surface area contributed by atoms with Gasteiger partial charge in [0.1, 0.15) is 0 Å². The molecule has 1 N–H and O–H groups in total. The van der Waals surface area contributed by atoms with E-state index in [1.165, 1.54) is 18.5 Å². The maximum Gasteiger partial charge on any atom is 0.0573 e. The van der Waals surface area contributed by atoms with Crippen molar-refractivity contribution in [2.75, 3.05) is 29.9 Å². The molecule has 1 aromatic heterocycles. The smallest absolute Gasteiger partial charge is 0.0573 e. The average Bonchev–Trinajstić information content (AvgIpc) is 2.38. The van der Waals surface area contributed by atoms with E-state index in [0.29, 0.717) is 0 Å². The molecule has 0 fully saturated rings. The molecule has 0 aliphatic carbocycles. The predicted molar refractivity (Wildman–Crippen MR) is 75.8 cm³/mol. The highest BCUT2D eigenvalue weighted by Gasteiger charge is 2.04. The third kappa shape index (κ3) is 4.63. The van der Waals surface area contributed by atoms with Crippen LogP contribution in [0.4, 0.5) is 11.4 Å². The minimum atomic E-state index is 1.01. The van der Waals surface area contributed by atoms with Crippen molar-refractivity contribution < 1.29 is 0 Å². The van der Waals surface area contributed by atoms with Gasteiger partial charge in [0.25, 0.3) is 0 Å². The van der Waals surface area contributed by atoms with Crippen LogP contribution in [0.3, 0.4) is 0 Å². The van der Waals surface area contributed by atoms with Gasteiger partial charge in [0.15, 0.2) is 0 Å². The molecule has 0 aliphatic rings. The van der Waals surface area contributed by atoms with E-state index in [9.17, 15) is 0 Å². The van der Waals surface area contributed by atoms with Crippen molar-refractivity contribution in [3.05, 3.63) is 18.5 Å².